The molecule has 0 fully saturated rings. The molecule has 0 unspecified atom stereocenters. The van der Waals surface area contributed by atoms with E-state index in [0.29, 0.717) is 11.0 Å². The molecular formula is C11H17BrClFN2. The minimum atomic E-state index is -0.257. The van der Waals surface area contributed by atoms with Gasteiger partial charge in [0.1, 0.15) is 5.82 Å². The minimum Gasteiger partial charge on any atom is -0.330 e. The normalized spacial score (nSPS) is 12.0. The van der Waals surface area contributed by atoms with Crippen molar-refractivity contribution in [1.29, 1.82) is 0 Å². The third kappa shape index (κ3) is 4.78. The summed E-state index contributed by atoms with van der Waals surface area (Å²) in [6.07, 6.45) is 2.87. The van der Waals surface area contributed by atoms with Gasteiger partial charge in [0.2, 0.25) is 0 Å². The summed E-state index contributed by atoms with van der Waals surface area (Å²) in [7, 11) is 0. The molecule has 0 spiro atoms. The highest BCUT2D eigenvalue weighted by molar-refractivity contribution is 9.10. The average molecular weight is 312 g/mol. The molecule has 1 aromatic rings. The fourth-order valence-electron chi connectivity index (χ4n) is 1.42. The third-order valence-corrected chi connectivity index (χ3v) is 2.95. The molecule has 0 aliphatic carbocycles. The van der Waals surface area contributed by atoms with E-state index >= 15 is 0 Å². The monoisotopic (exact) mass is 310 g/mol. The van der Waals surface area contributed by atoms with Crippen LogP contribution in [0, 0.1) is 5.82 Å². The zero-order chi connectivity index (χ0) is 11.3. The summed E-state index contributed by atoms with van der Waals surface area (Å²) in [6, 6.07) is 4.87. The Morgan fingerprint density at radius 3 is 2.56 bits per heavy atom. The Bertz CT molecular complexity index is 323. The van der Waals surface area contributed by atoms with E-state index in [0.717, 1.165) is 24.8 Å². The van der Waals surface area contributed by atoms with Gasteiger partial charge in [0.05, 0.1) is 4.47 Å². The van der Waals surface area contributed by atoms with Crippen LogP contribution in [0.4, 0.5) is 4.39 Å². The van der Waals surface area contributed by atoms with Crippen molar-refractivity contribution in [2.75, 3.05) is 6.54 Å². The molecule has 0 radical (unpaired) electrons. The second kappa shape index (κ2) is 8.01. The molecule has 0 bridgehead atoms. The smallest absolute Gasteiger partial charge is 0.137 e. The quantitative estimate of drug-likeness (QED) is 0.821. The first-order valence-corrected chi connectivity index (χ1v) is 5.85. The highest BCUT2D eigenvalue weighted by Crippen LogP contribution is 2.22. The van der Waals surface area contributed by atoms with Crippen LogP contribution in [0.25, 0.3) is 0 Å². The molecule has 5 heteroatoms. The van der Waals surface area contributed by atoms with E-state index in [1.807, 2.05) is 0 Å². The van der Waals surface area contributed by atoms with Crippen molar-refractivity contribution < 1.29 is 4.39 Å². The maximum atomic E-state index is 13.0. The van der Waals surface area contributed by atoms with Gasteiger partial charge in [0, 0.05) is 6.04 Å². The predicted molar refractivity (Wildman–Crippen MR) is 71.2 cm³/mol. The largest absolute Gasteiger partial charge is 0.330 e. The molecule has 0 aliphatic heterocycles. The zero-order valence-electron chi connectivity index (χ0n) is 8.96. The lowest BCUT2D eigenvalue weighted by molar-refractivity contribution is 0.585. The maximum Gasteiger partial charge on any atom is 0.137 e. The molecule has 0 aliphatic rings. The molecule has 92 valence electrons. The first kappa shape index (κ1) is 15.8. The van der Waals surface area contributed by atoms with Crippen molar-refractivity contribution in [1.82, 2.24) is 0 Å². The number of benzene rings is 1. The molecule has 1 atom stereocenters. The lowest BCUT2D eigenvalue weighted by Crippen LogP contribution is -2.11. The van der Waals surface area contributed by atoms with Crippen LogP contribution in [0.3, 0.4) is 0 Å². The molecule has 0 saturated heterocycles. The lowest BCUT2D eigenvalue weighted by atomic mass is 10.0. The van der Waals surface area contributed by atoms with Gasteiger partial charge in [0.25, 0.3) is 0 Å². The topological polar surface area (TPSA) is 52.0 Å². The van der Waals surface area contributed by atoms with Crippen LogP contribution >= 0.6 is 28.3 Å². The molecule has 0 amide bonds. The van der Waals surface area contributed by atoms with Gasteiger partial charge in [0.15, 0.2) is 0 Å². The van der Waals surface area contributed by atoms with Crippen molar-refractivity contribution in [3.05, 3.63) is 34.1 Å². The fourth-order valence-corrected chi connectivity index (χ4v) is 1.81. The van der Waals surface area contributed by atoms with E-state index in [9.17, 15) is 4.39 Å². The Balaban J connectivity index is 0.00000225. The van der Waals surface area contributed by atoms with Gasteiger partial charge in [-0.2, -0.15) is 0 Å². The number of halogens is 3. The van der Waals surface area contributed by atoms with Gasteiger partial charge in [-0.15, -0.1) is 12.4 Å². The Labute approximate surface area is 110 Å². The van der Waals surface area contributed by atoms with Crippen molar-refractivity contribution in [3.8, 4) is 0 Å². The van der Waals surface area contributed by atoms with E-state index in [1.54, 1.807) is 12.1 Å². The molecule has 1 rings (SSSR count). The Kier molecular flexibility index (Phi) is 7.93. The van der Waals surface area contributed by atoms with Crippen LogP contribution in [0.5, 0.6) is 0 Å². The van der Waals surface area contributed by atoms with Gasteiger partial charge in [-0.25, -0.2) is 4.39 Å². The van der Waals surface area contributed by atoms with Crippen molar-refractivity contribution in [2.24, 2.45) is 11.5 Å². The van der Waals surface area contributed by atoms with E-state index in [4.69, 9.17) is 11.5 Å². The summed E-state index contributed by atoms with van der Waals surface area (Å²) < 4.78 is 13.4. The first-order valence-electron chi connectivity index (χ1n) is 5.05. The number of rotatable bonds is 5. The molecule has 0 heterocycles. The van der Waals surface area contributed by atoms with E-state index < -0.39 is 0 Å². The Hall–Kier alpha value is -0.160. The van der Waals surface area contributed by atoms with Crippen LogP contribution in [0.1, 0.15) is 30.9 Å². The Morgan fingerprint density at radius 1 is 1.31 bits per heavy atom. The lowest BCUT2D eigenvalue weighted by Gasteiger charge is -2.12. The number of hydrogen-bond donors (Lipinski definition) is 2. The minimum absolute atomic E-state index is 0. The first-order chi connectivity index (χ1) is 7.15. The van der Waals surface area contributed by atoms with Crippen LogP contribution in [0.2, 0.25) is 0 Å². The van der Waals surface area contributed by atoms with Crippen molar-refractivity contribution in [3.63, 3.8) is 0 Å². The van der Waals surface area contributed by atoms with Crippen LogP contribution in [-0.4, -0.2) is 6.54 Å². The summed E-state index contributed by atoms with van der Waals surface area (Å²) in [6.45, 7) is 0.694. The number of nitrogens with two attached hydrogens (primary N) is 2. The third-order valence-electron chi connectivity index (χ3n) is 2.34. The molecular weight excluding hydrogens is 294 g/mol. The van der Waals surface area contributed by atoms with Gasteiger partial charge in [-0.1, -0.05) is 12.5 Å². The molecule has 0 saturated carbocycles. The SMILES string of the molecule is Cl.NCCCC[C@H](N)c1ccc(F)c(Br)c1. The van der Waals surface area contributed by atoms with Gasteiger partial charge in [-0.3, -0.25) is 0 Å². The van der Waals surface area contributed by atoms with Gasteiger partial charge >= 0.3 is 0 Å². The van der Waals surface area contributed by atoms with Gasteiger partial charge in [-0.05, 0) is 53.0 Å². The van der Waals surface area contributed by atoms with Gasteiger partial charge < -0.3 is 11.5 Å². The standard InChI is InChI=1S/C11H16BrFN2.ClH/c12-9-7-8(4-5-10(9)13)11(15)3-1-2-6-14;/h4-5,7,11H,1-3,6,14-15H2;1H/t11-;/m0./s1. The van der Waals surface area contributed by atoms with E-state index in [1.165, 1.54) is 6.07 Å². The summed E-state index contributed by atoms with van der Waals surface area (Å²) in [5.74, 6) is -0.257. The van der Waals surface area contributed by atoms with Crippen LogP contribution in [-0.2, 0) is 0 Å². The highest BCUT2D eigenvalue weighted by Gasteiger charge is 2.07. The molecule has 1 aromatic carbocycles. The predicted octanol–water partition coefficient (Wildman–Crippen LogP) is 3.14. The maximum absolute atomic E-state index is 13.0. The van der Waals surface area contributed by atoms with Crippen LogP contribution in [0.15, 0.2) is 22.7 Å². The number of unbranched alkanes of at least 4 members (excludes halogenated alkanes) is 1. The Morgan fingerprint density at radius 2 is 2.00 bits per heavy atom. The molecule has 4 N–H and O–H groups in total. The van der Waals surface area contributed by atoms with Crippen molar-refractivity contribution in [2.45, 2.75) is 25.3 Å². The highest BCUT2D eigenvalue weighted by atomic mass is 79.9. The summed E-state index contributed by atoms with van der Waals surface area (Å²) in [4.78, 5) is 0. The molecule has 0 aromatic heterocycles. The van der Waals surface area contributed by atoms with Crippen LogP contribution < -0.4 is 11.5 Å². The van der Waals surface area contributed by atoms with E-state index in [-0.39, 0.29) is 24.3 Å². The summed E-state index contributed by atoms with van der Waals surface area (Å²) in [5, 5.41) is 0. The van der Waals surface area contributed by atoms with E-state index in [2.05, 4.69) is 15.9 Å². The summed E-state index contributed by atoms with van der Waals surface area (Å²) >= 11 is 3.15. The fraction of sp³-hybridized carbons (Fsp3) is 0.455. The second-order valence-electron chi connectivity index (χ2n) is 3.56. The molecule has 16 heavy (non-hydrogen) atoms. The van der Waals surface area contributed by atoms with Crippen molar-refractivity contribution >= 4 is 28.3 Å². The zero-order valence-corrected chi connectivity index (χ0v) is 11.4. The second-order valence-corrected chi connectivity index (χ2v) is 4.42. The summed E-state index contributed by atoms with van der Waals surface area (Å²) in [5.41, 5.74) is 12.3. The average Bonchev–Trinajstić information content (AvgIpc) is 2.22. The number of hydrogen-bond acceptors (Lipinski definition) is 2. The molecule has 2 nitrogen and oxygen atoms in total.